The van der Waals surface area contributed by atoms with E-state index < -0.39 is 0 Å². The van der Waals surface area contributed by atoms with E-state index in [0.29, 0.717) is 31.3 Å². The summed E-state index contributed by atoms with van der Waals surface area (Å²) in [7, 11) is 1.57. The SMILES string of the molecule is COCCN1C(=O)[C@H]2CN(Cc3ccc(Cl)cc3)C[C@H]2C1=O. The highest BCUT2D eigenvalue weighted by Gasteiger charge is 2.51. The third-order valence-electron chi connectivity index (χ3n) is 4.40. The summed E-state index contributed by atoms with van der Waals surface area (Å²) in [5, 5.41) is 0.709. The van der Waals surface area contributed by atoms with E-state index in [1.807, 2.05) is 24.3 Å². The molecule has 2 heterocycles. The van der Waals surface area contributed by atoms with Gasteiger partial charge in [-0.3, -0.25) is 19.4 Å². The molecule has 0 saturated carbocycles. The van der Waals surface area contributed by atoms with Crippen molar-refractivity contribution in [1.29, 1.82) is 0 Å². The van der Waals surface area contributed by atoms with Gasteiger partial charge >= 0.3 is 0 Å². The van der Waals surface area contributed by atoms with Gasteiger partial charge in [-0.15, -0.1) is 0 Å². The fourth-order valence-electron chi connectivity index (χ4n) is 3.27. The zero-order valence-corrected chi connectivity index (χ0v) is 13.3. The molecular weight excluding hydrogens is 304 g/mol. The molecule has 2 fully saturated rings. The number of carbonyl (C=O) groups is 2. The van der Waals surface area contributed by atoms with Crippen molar-refractivity contribution in [2.24, 2.45) is 11.8 Å². The Morgan fingerprint density at radius 1 is 1.14 bits per heavy atom. The Morgan fingerprint density at radius 3 is 2.27 bits per heavy atom. The molecule has 6 heteroatoms. The first kappa shape index (κ1) is 15.5. The summed E-state index contributed by atoms with van der Waals surface area (Å²) in [4.78, 5) is 28.2. The average Bonchev–Trinajstić information content (AvgIpc) is 3.01. The number of fused-ring (bicyclic) bond motifs is 1. The third kappa shape index (κ3) is 2.89. The highest BCUT2D eigenvalue weighted by Crippen LogP contribution is 2.34. The van der Waals surface area contributed by atoms with Crippen LogP contribution in [0.3, 0.4) is 0 Å². The van der Waals surface area contributed by atoms with Crippen molar-refractivity contribution in [3.8, 4) is 0 Å². The highest BCUT2D eigenvalue weighted by atomic mass is 35.5. The van der Waals surface area contributed by atoms with Gasteiger partial charge in [0.05, 0.1) is 25.0 Å². The first-order valence-electron chi connectivity index (χ1n) is 7.41. The first-order chi connectivity index (χ1) is 10.6. The van der Waals surface area contributed by atoms with Crippen molar-refractivity contribution in [1.82, 2.24) is 9.80 Å². The number of benzene rings is 1. The van der Waals surface area contributed by atoms with Crippen molar-refractivity contribution in [2.75, 3.05) is 33.4 Å². The Labute approximate surface area is 134 Å². The van der Waals surface area contributed by atoms with Crippen molar-refractivity contribution >= 4 is 23.4 Å². The zero-order chi connectivity index (χ0) is 15.7. The molecule has 0 aromatic heterocycles. The summed E-state index contributed by atoms with van der Waals surface area (Å²) in [6.45, 7) is 2.77. The van der Waals surface area contributed by atoms with Gasteiger partial charge in [0.15, 0.2) is 0 Å². The van der Waals surface area contributed by atoms with Gasteiger partial charge < -0.3 is 4.74 Å². The van der Waals surface area contributed by atoms with Gasteiger partial charge in [-0.1, -0.05) is 23.7 Å². The molecule has 0 aliphatic carbocycles. The lowest BCUT2D eigenvalue weighted by Gasteiger charge is -2.20. The minimum Gasteiger partial charge on any atom is -0.383 e. The molecule has 0 spiro atoms. The van der Waals surface area contributed by atoms with E-state index in [0.717, 1.165) is 12.1 Å². The Bertz CT molecular complexity index is 551. The van der Waals surface area contributed by atoms with Gasteiger partial charge in [0.25, 0.3) is 0 Å². The van der Waals surface area contributed by atoms with Crippen LogP contribution >= 0.6 is 11.6 Å². The summed E-state index contributed by atoms with van der Waals surface area (Å²) < 4.78 is 4.97. The van der Waals surface area contributed by atoms with E-state index in [1.165, 1.54) is 4.90 Å². The lowest BCUT2D eigenvalue weighted by atomic mass is 10.00. The van der Waals surface area contributed by atoms with E-state index in [1.54, 1.807) is 7.11 Å². The van der Waals surface area contributed by atoms with E-state index in [-0.39, 0.29) is 23.7 Å². The number of likely N-dealkylation sites (tertiary alicyclic amines) is 2. The topological polar surface area (TPSA) is 49.9 Å². The molecule has 0 N–H and O–H groups in total. The molecule has 2 atom stereocenters. The van der Waals surface area contributed by atoms with Gasteiger partial charge in [-0.05, 0) is 17.7 Å². The molecule has 1 aromatic rings. The predicted octanol–water partition coefficient (Wildman–Crippen LogP) is 1.40. The zero-order valence-electron chi connectivity index (χ0n) is 12.5. The van der Waals surface area contributed by atoms with Crippen LogP contribution < -0.4 is 0 Å². The summed E-state index contributed by atoms with van der Waals surface area (Å²) >= 11 is 5.88. The number of methoxy groups -OCH3 is 1. The number of halogens is 1. The van der Waals surface area contributed by atoms with E-state index in [2.05, 4.69) is 4.90 Å². The van der Waals surface area contributed by atoms with E-state index in [4.69, 9.17) is 16.3 Å². The number of carbonyl (C=O) groups excluding carboxylic acids is 2. The minimum absolute atomic E-state index is 0.0503. The quantitative estimate of drug-likeness (QED) is 0.769. The van der Waals surface area contributed by atoms with Crippen molar-refractivity contribution in [3.05, 3.63) is 34.9 Å². The second-order valence-corrected chi connectivity index (χ2v) is 6.29. The van der Waals surface area contributed by atoms with Gasteiger partial charge in [0.1, 0.15) is 0 Å². The third-order valence-corrected chi connectivity index (χ3v) is 4.65. The lowest BCUT2D eigenvalue weighted by molar-refractivity contribution is -0.141. The molecule has 3 rings (SSSR count). The molecule has 2 aliphatic rings. The molecule has 118 valence electrons. The Balaban J connectivity index is 1.63. The largest absolute Gasteiger partial charge is 0.383 e. The fraction of sp³-hybridized carbons (Fsp3) is 0.500. The number of hydrogen-bond acceptors (Lipinski definition) is 4. The molecule has 0 radical (unpaired) electrons. The number of hydrogen-bond donors (Lipinski definition) is 0. The van der Waals surface area contributed by atoms with Crippen LogP contribution in [0.4, 0.5) is 0 Å². The van der Waals surface area contributed by atoms with Gasteiger partial charge in [0.2, 0.25) is 11.8 Å². The predicted molar refractivity (Wildman–Crippen MR) is 82.3 cm³/mol. The molecule has 1 aromatic carbocycles. The highest BCUT2D eigenvalue weighted by molar-refractivity contribution is 6.30. The van der Waals surface area contributed by atoms with Crippen molar-refractivity contribution < 1.29 is 14.3 Å². The molecule has 0 unspecified atom stereocenters. The Kier molecular flexibility index (Phi) is 4.47. The molecule has 2 aliphatic heterocycles. The minimum atomic E-state index is -0.198. The summed E-state index contributed by atoms with van der Waals surface area (Å²) in [6.07, 6.45) is 0. The maximum Gasteiger partial charge on any atom is 0.234 e. The van der Waals surface area contributed by atoms with Crippen LogP contribution in [-0.4, -0.2) is 55.0 Å². The van der Waals surface area contributed by atoms with Gasteiger partial charge in [0, 0.05) is 31.8 Å². The molecule has 2 saturated heterocycles. The van der Waals surface area contributed by atoms with Crippen LogP contribution in [0, 0.1) is 11.8 Å². The summed E-state index contributed by atoms with van der Waals surface area (Å²) in [5.74, 6) is -0.496. The molecule has 22 heavy (non-hydrogen) atoms. The lowest BCUT2D eigenvalue weighted by Crippen LogP contribution is -2.37. The average molecular weight is 323 g/mol. The monoisotopic (exact) mass is 322 g/mol. The van der Waals surface area contributed by atoms with Crippen LogP contribution in [0.5, 0.6) is 0 Å². The Hall–Kier alpha value is -1.43. The first-order valence-corrected chi connectivity index (χ1v) is 7.79. The standard InChI is InChI=1S/C16H19ClN2O3/c1-22-7-6-19-15(20)13-9-18(10-14(13)16(19)21)8-11-2-4-12(17)5-3-11/h2-5,13-14H,6-10H2,1H3/t13-,14+. The van der Waals surface area contributed by atoms with Crippen LogP contribution in [-0.2, 0) is 20.9 Å². The normalized spacial score (nSPS) is 25.1. The van der Waals surface area contributed by atoms with E-state index in [9.17, 15) is 9.59 Å². The maximum atomic E-state index is 12.4. The molecule has 5 nitrogen and oxygen atoms in total. The Morgan fingerprint density at radius 2 is 1.73 bits per heavy atom. The molecular formula is C16H19ClN2O3. The van der Waals surface area contributed by atoms with E-state index >= 15 is 0 Å². The smallest absolute Gasteiger partial charge is 0.234 e. The van der Waals surface area contributed by atoms with Crippen LogP contribution in [0.1, 0.15) is 5.56 Å². The van der Waals surface area contributed by atoms with Crippen molar-refractivity contribution in [2.45, 2.75) is 6.54 Å². The van der Waals surface area contributed by atoms with Gasteiger partial charge in [-0.2, -0.15) is 0 Å². The van der Waals surface area contributed by atoms with Crippen LogP contribution in [0.15, 0.2) is 24.3 Å². The summed E-state index contributed by atoms with van der Waals surface area (Å²) in [6, 6.07) is 7.67. The summed E-state index contributed by atoms with van der Waals surface area (Å²) in [5.41, 5.74) is 1.14. The second-order valence-electron chi connectivity index (χ2n) is 5.85. The number of imide groups is 1. The number of nitrogens with zero attached hydrogens (tertiary/aromatic N) is 2. The van der Waals surface area contributed by atoms with Gasteiger partial charge in [-0.25, -0.2) is 0 Å². The fourth-order valence-corrected chi connectivity index (χ4v) is 3.40. The number of rotatable bonds is 5. The molecule has 0 bridgehead atoms. The number of amides is 2. The second kappa shape index (κ2) is 6.36. The van der Waals surface area contributed by atoms with Crippen molar-refractivity contribution in [3.63, 3.8) is 0 Å². The van der Waals surface area contributed by atoms with Crippen LogP contribution in [0.2, 0.25) is 5.02 Å². The molecule has 2 amide bonds. The maximum absolute atomic E-state index is 12.4. The number of ether oxygens (including phenoxy) is 1. The van der Waals surface area contributed by atoms with Crippen LogP contribution in [0.25, 0.3) is 0 Å².